The molecule has 1 aromatic carbocycles. The molecule has 0 spiro atoms. The first-order chi connectivity index (χ1) is 16.1. The summed E-state index contributed by atoms with van der Waals surface area (Å²) < 4.78 is 63.1. The molecule has 1 aromatic heterocycles. The minimum atomic E-state index is -2.65. The first-order valence-corrected chi connectivity index (χ1v) is 8.98. The van der Waals surface area contributed by atoms with Gasteiger partial charge in [0.05, 0.1) is 19.7 Å². The zero-order valence-electron chi connectivity index (χ0n) is 21.8. The molecule has 0 radical (unpaired) electrons. The molecule has 9 nitrogen and oxygen atoms in total. The van der Waals surface area contributed by atoms with Gasteiger partial charge in [0, 0.05) is 42.2 Å². The van der Waals surface area contributed by atoms with Crippen molar-refractivity contribution in [3.63, 3.8) is 0 Å². The molecule has 1 amide bonds. The molecule has 1 saturated heterocycles. The van der Waals surface area contributed by atoms with E-state index < -0.39 is 19.0 Å². The van der Waals surface area contributed by atoms with Crippen molar-refractivity contribution in [3.8, 4) is 11.5 Å². The maximum atomic E-state index is 12.3. The van der Waals surface area contributed by atoms with Crippen molar-refractivity contribution in [1.29, 1.82) is 0 Å². The molecule has 3 rings (SSSR count). The Hall–Kier alpha value is -2.81. The Morgan fingerprint density at radius 1 is 1.46 bits per heavy atom. The van der Waals surface area contributed by atoms with Gasteiger partial charge in [0.15, 0.2) is 15.7 Å². The maximum Gasteiger partial charge on any atom is 0.249 e. The number of hydrogen-bond donors (Lipinski definition) is 2. The lowest BCUT2D eigenvalue weighted by Crippen LogP contribution is -2.36. The van der Waals surface area contributed by atoms with E-state index in [0.717, 1.165) is 16.6 Å². The second kappa shape index (κ2) is 8.92. The monoisotopic (exact) mass is 395 g/mol. The van der Waals surface area contributed by atoms with E-state index in [1.807, 2.05) is 0 Å². The topological polar surface area (TPSA) is 112 Å². The van der Waals surface area contributed by atoms with Crippen LogP contribution in [-0.4, -0.2) is 62.9 Å². The number of benzene rings is 1. The molecule has 1 unspecified atom stereocenters. The van der Waals surface area contributed by atoms with Crippen molar-refractivity contribution in [2.24, 2.45) is 0 Å². The molecule has 0 saturated carbocycles. The fourth-order valence-electron chi connectivity index (χ4n) is 2.94. The number of anilines is 2. The van der Waals surface area contributed by atoms with Crippen LogP contribution in [0.2, 0.25) is 4.24 Å². The van der Waals surface area contributed by atoms with Crippen LogP contribution in [0.5, 0.6) is 11.5 Å². The molecular weight excluding hydrogens is 362 g/mol. The fourth-order valence-corrected chi connectivity index (χ4v) is 2.94. The molecule has 3 N–H and O–H groups in total. The fraction of sp³-hybridized carbons (Fsp3) is 0.526. The van der Waals surface area contributed by atoms with E-state index in [9.17, 15) is 4.79 Å². The predicted octanol–water partition coefficient (Wildman–Crippen LogP) is 1.35. The van der Waals surface area contributed by atoms with E-state index in [1.165, 1.54) is 26.4 Å². The minimum absolute atomic E-state index is 0.0141. The zero-order chi connectivity index (χ0) is 25.0. The van der Waals surface area contributed by atoms with Crippen LogP contribution in [0.25, 0.3) is 10.9 Å². The summed E-state index contributed by atoms with van der Waals surface area (Å²) in [7, 11) is 2.88. The summed E-state index contributed by atoms with van der Waals surface area (Å²) in [5.41, 5.74) is 0.523. The van der Waals surface area contributed by atoms with Crippen LogP contribution in [0.4, 0.5) is 11.8 Å². The van der Waals surface area contributed by atoms with Gasteiger partial charge in [-0.25, -0.2) is 4.98 Å². The molecule has 1 atom stereocenters. The number of methoxy groups -OCH3 is 2. The Labute approximate surface area is 172 Å². The smallest absolute Gasteiger partial charge is 0.249 e. The average molecular weight is 395 g/mol. The highest BCUT2D eigenvalue weighted by molar-refractivity contribution is 5.91. The van der Waals surface area contributed by atoms with Crippen molar-refractivity contribution >= 4 is 28.6 Å². The van der Waals surface area contributed by atoms with Crippen LogP contribution in [0.1, 0.15) is 23.4 Å². The molecule has 28 heavy (non-hydrogen) atoms. The second-order valence-corrected chi connectivity index (χ2v) is 6.30. The van der Waals surface area contributed by atoms with Crippen LogP contribution in [0.3, 0.4) is 0 Å². The first kappa shape index (κ1) is 13.4. The molecule has 9 heteroatoms. The van der Waals surface area contributed by atoms with Gasteiger partial charge in [0.2, 0.25) is 11.9 Å². The van der Waals surface area contributed by atoms with E-state index in [2.05, 4.69) is 9.97 Å². The maximum absolute atomic E-state index is 12.3. The van der Waals surface area contributed by atoms with Crippen LogP contribution in [0.15, 0.2) is 12.1 Å². The minimum Gasteiger partial charge on any atom is -0.493 e. The largest absolute Gasteiger partial charge is 0.493 e. The number of nitrogens with one attached hydrogen (secondary N) is 1. The van der Waals surface area contributed by atoms with Crippen LogP contribution in [-0.2, 0) is 9.53 Å². The highest BCUT2D eigenvalue weighted by Gasteiger charge is 2.22. The lowest BCUT2D eigenvalue weighted by molar-refractivity contribution is -0.130. The normalized spacial score (nSPS) is 19.6. The number of rotatable bonds is 9. The summed E-state index contributed by atoms with van der Waals surface area (Å²) in [4.78, 5) is 21.7. The van der Waals surface area contributed by atoms with Gasteiger partial charge in [-0.05, 0) is 25.3 Å². The molecule has 152 valence electrons. The summed E-state index contributed by atoms with van der Waals surface area (Å²) in [6, 6.07) is 3.02. The van der Waals surface area contributed by atoms with E-state index in [-0.39, 0.29) is 42.5 Å². The van der Waals surface area contributed by atoms with Crippen molar-refractivity contribution in [2.45, 2.75) is 25.4 Å². The Bertz CT molecular complexity index is 1020. The Morgan fingerprint density at radius 3 is 2.96 bits per heavy atom. The number of fused-ring (bicyclic) bond motifs is 1. The van der Waals surface area contributed by atoms with Gasteiger partial charge in [-0.3, -0.25) is 4.79 Å². The molecule has 1 aliphatic rings. The van der Waals surface area contributed by atoms with E-state index in [1.54, 1.807) is 0 Å². The van der Waals surface area contributed by atoms with Crippen molar-refractivity contribution in [2.75, 3.05) is 51.5 Å². The molecule has 2 heterocycles. The average Bonchev–Trinajstić information content (AvgIpc) is 3.33. The van der Waals surface area contributed by atoms with Crippen LogP contribution >= 0.6 is 0 Å². The number of carbonyl (C=O) groups is 1. The quantitative estimate of drug-likeness (QED) is 0.654. The molecule has 0 bridgehead atoms. The highest BCUT2D eigenvalue weighted by Crippen LogP contribution is 2.33. The van der Waals surface area contributed by atoms with Gasteiger partial charge in [-0.2, -0.15) is 4.98 Å². The Kier molecular flexibility index (Phi) is 4.26. The van der Waals surface area contributed by atoms with Crippen LogP contribution < -0.4 is 25.4 Å². The van der Waals surface area contributed by atoms with Gasteiger partial charge in [0.25, 0.3) is 0 Å². The summed E-state index contributed by atoms with van der Waals surface area (Å²) in [5, 5.41) is 1.09. The Balaban J connectivity index is 1.88. The zero-order valence-corrected chi connectivity index (χ0v) is 15.8. The number of amides is 1. The number of aromatic nitrogens is 2. The number of nitrogens with zero attached hydrogens (tertiary/aromatic N) is 3. The van der Waals surface area contributed by atoms with Crippen molar-refractivity contribution < 1.29 is 27.4 Å². The third kappa shape index (κ3) is 4.36. The standard InChI is InChI=1S/C19H27N5O4/c1-24(8-5-7-21-18(25)14-6-4-9-28-14)19-22-13-11-16(27-3)15(26-2)10-12(13)17(20)23-19/h10-11,14H,4-9H2,1-3H3,(H,21,25)(H2,20,22,23)/i1D3/hD3. The lowest BCUT2D eigenvalue weighted by Gasteiger charge is -2.19. The summed E-state index contributed by atoms with van der Waals surface area (Å²) in [6.07, 6.45) is 0.843. The SMILES string of the molecule is [2H]N(CCCN(c1nc(N([2H])[2H])c2cc(OC)c(OC)cc2n1)C([2H])([2H])[2H])C(=O)C1CCCO1. The molecular formula is C19H27N5O4. The molecule has 0 aliphatic carbocycles. The summed E-state index contributed by atoms with van der Waals surface area (Å²) >= 11 is 0. The van der Waals surface area contributed by atoms with Crippen molar-refractivity contribution in [1.82, 2.24) is 15.3 Å². The third-order valence-electron chi connectivity index (χ3n) is 4.42. The number of nitrogens with two attached hydrogens (primary N) is 1. The van der Waals surface area contributed by atoms with Gasteiger partial charge >= 0.3 is 0 Å². The first-order valence-electron chi connectivity index (χ1n) is 11.8. The highest BCUT2D eigenvalue weighted by atomic mass is 16.5. The predicted molar refractivity (Wildman–Crippen MR) is 107 cm³/mol. The van der Waals surface area contributed by atoms with Gasteiger partial charge in [0.1, 0.15) is 11.9 Å². The third-order valence-corrected chi connectivity index (χ3v) is 4.42. The summed E-state index contributed by atoms with van der Waals surface area (Å²) in [5.74, 6) is -0.145. The summed E-state index contributed by atoms with van der Waals surface area (Å²) in [6.45, 7) is -2.28. The molecule has 1 aliphatic heterocycles. The van der Waals surface area contributed by atoms with E-state index in [4.69, 9.17) is 22.6 Å². The van der Waals surface area contributed by atoms with Crippen molar-refractivity contribution in [3.05, 3.63) is 12.1 Å². The van der Waals surface area contributed by atoms with Gasteiger partial charge < -0.3 is 30.1 Å². The number of carbonyl (C=O) groups excluding carboxylic acids is 1. The van der Waals surface area contributed by atoms with Gasteiger partial charge in [-0.15, -0.1) is 0 Å². The molecule has 2 aromatic rings. The second-order valence-electron chi connectivity index (χ2n) is 6.30. The lowest BCUT2D eigenvalue weighted by atomic mass is 10.2. The van der Waals surface area contributed by atoms with Gasteiger partial charge in [-0.1, -0.05) is 0 Å². The Morgan fingerprint density at radius 2 is 2.29 bits per heavy atom. The number of nitrogen functional groups attached to an aromatic ring is 1. The van der Waals surface area contributed by atoms with Crippen LogP contribution in [0, 0.1) is 0 Å². The number of ether oxygens (including phenoxy) is 3. The van der Waals surface area contributed by atoms with E-state index >= 15 is 0 Å². The molecule has 1 fully saturated rings. The number of hydrogen-bond acceptors (Lipinski definition) is 8. The van der Waals surface area contributed by atoms with E-state index in [0.29, 0.717) is 29.9 Å².